The third-order valence-corrected chi connectivity index (χ3v) is 5.29. The number of hydrogen-bond acceptors (Lipinski definition) is 4. The van der Waals surface area contributed by atoms with E-state index < -0.39 is 0 Å². The number of phenolic OH excluding ortho intramolecular Hbond substituents is 1. The van der Waals surface area contributed by atoms with Crippen LogP contribution in [-0.4, -0.2) is 17.1 Å². The lowest BCUT2D eigenvalue weighted by Crippen LogP contribution is -2.39. The second kappa shape index (κ2) is 7.02. The summed E-state index contributed by atoms with van der Waals surface area (Å²) in [6, 6.07) is 17.1. The highest BCUT2D eigenvalue weighted by Crippen LogP contribution is 2.32. The first-order valence-electron chi connectivity index (χ1n) is 9.12. The highest BCUT2D eigenvalue weighted by Gasteiger charge is 2.31. The van der Waals surface area contributed by atoms with Crippen LogP contribution in [0.15, 0.2) is 54.6 Å². The molecule has 2 atom stereocenters. The van der Waals surface area contributed by atoms with Gasteiger partial charge in [0.25, 0.3) is 0 Å². The van der Waals surface area contributed by atoms with Crippen molar-refractivity contribution in [3.05, 3.63) is 71.3 Å². The van der Waals surface area contributed by atoms with Gasteiger partial charge in [-0.15, -0.1) is 0 Å². The molecule has 4 rings (SSSR count). The smallest absolute Gasteiger partial charge is 0.242 e. The van der Waals surface area contributed by atoms with Crippen molar-refractivity contribution in [3.63, 3.8) is 0 Å². The maximum atomic E-state index is 12.8. The molecule has 0 saturated carbocycles. The van der Waals surface area contributed by atoms with E-state index in [0.717, 1.165) is 33.2 Å². The Morgan fingerprint density at radius 3 is 2.63 bits per heavy atom. The SMILES string of the molecule is Cc1cc(O)c(C2CC(C(=O)Nc3cccc4ccccc34)NN2)cc1C. The van der Waals surface area contributed by atoms with E-state index in [1.807, 2.05) is 62.4 Å². The van der Waals surface area contributed by atoms with E-state index in [2.05, 4.69) is 16.2 Å². The second-order valence-electron chi connectivity index (χ2n) is 7.14. The summed E-state index contributed by atoms with van der Waals surface area (Å²) >= 11 is 0. The van der Waals surface area contributed by atoms with Crippen molar-refractivity contribution in [2.75, 3.05) is 5.32 Å². The van der Waals surface area contributed by atoms with Crippen LogP contribution in [0.1, 0.15) is 29.2 Å². The minimum absolute atomic E-state index is 0.0929. The fourth-order valence-corrected chi connectivity index (χ4v) is 3.59. The molecule has 3 aromatic carbocycles. The fraction of sp³-hybridized carbons (Fsp3) is 0.227. The van der Waals surface area contributed by atoms with Crippen molar-refractivity contribution in [1.82, 2.24) is 10.9 Å². The number of fused-ring (bicyclic) bond motifs is 1. The topological polar surface area (TPSA) is 73.4 Å². The molecule has 1 saturated heterocycles. The molecular formula is C22H23N3O2. The Labute approximate surface area is 158 Å². The molecule has 0 aromatic heterocycles. The van der Waals surface area contributed by atoms with Crippen LogP contribution >= 0.6 is 0 Å². The van der Waals surface area contributed by atoms with Crippen LogP contribution in [0, 0.1) is 13.8 Å². The molecule has 5 heteroatoms. The molecule has 1 amide bonds. The Morgan fingerprint density at radius 2 is 1.78 bits per heavy atom. The van der Waals surface area contributed by atoms with Crippen molar-refractivity contribution in [2.45, 2.75) is 32.4 Å². The molecule has 27 heavy (non-hydrogen) atoms. The van der Waals surface area contributed by atoms with Crippen LogP contribution < -0.4 is 16.2 Å². The summed E-state index contributed by atoms with van der Waals surface area (Å²) in [7, 11) is 0. The van der Waals surface area contributed by atoms with Crippen LogP contribution in [0.25, 0.3) is 10.8 Å². The lowest BCUT2D eigenvalue weighted by Gasteiger charge is -2.14. The molecular weight excluding hydrogens is 338 g/mol. The molecule has 1 aliphatic rings. The summed E-state index contributed by atoms with van der Waals surface area (Å²) in [6.45, 7) is 3.99. The van der Waals surface area contributed by atoms with Gasteiger partial charge in [-0.2, -0.15) is 0 Å². The predicted octanol–water partition coefficient (Wildman–Crippen LogP) is 3.71. The van der Waals surface area contributed by atoms with Gasteiger partial charge in [0.15, 0.2) is 0 Å². The van der Waals surface area contributed by atoms with Gasteiger partial charge in [0.1, 0.15) is 11.8 Å². The van der Waals surface area contributed by atoms with E-state index >= 15 is 0 Å². The molecule has 0 aliphatic carbocycles. The lowest BCUT2D eigenvalue weighted by atomic mass is 9.96. The van der Waals surface area contributed by atoms with E-state index in [1.54, 1.807) is 6.07 Å². The van der Waals surface area contributed by atoms with E-state index in [-0.39, 0.29) is 23.7 Å². The van der Waals surface area contributed by atoms with E-state index in [9.17, 15) is 9.90 Å². The lowest BCUT2D eigenvalue weighted by molar-refractivity contribution is -0.117. The highest BCUT2D eigenvalue weighted by atomic mass is 16.3. The third-order valence-electron chi connectivity index (χ3n) is 5.29. The number of carbonyl (C=O) groups is 1. The summed E-state index contributed by atoms with van der Waals surface area (Å²) in [6.07, 6.45) is 0.562. The van der Waals surface area contributed by atoms with Gasteiger partial charge in [-0.05, 0) is 48.9 Å². The van der Waals surface area contributed by atoms with Crippen LogP contribution in [0.3, 0.4) is 0 Å². The monoisotopic (exact) mass is 361 g/mol. The normalized spacial score (nSPS) is 19.3. The number of anilines is 1. The van der Waals surface area contributed by atoms with Gasteiger partial charge in [0.05, 0.1) is 6.04 Å². The minimum atomic E-state index is -0.380. The minimum Gasteiger partial charge on any atom is -0.508 e. The molecule has 0 spiro atoms. The Hall–Kier alpha value is -2.89. The zero-order valence-corrected chi connectivity index (χ0v) is 15.4. The molecule has 138 valence electrons. The summed E-state index contributed by atoms with van der Waals surface area (Å²) in [5.74, 6) is 0.164. The number of carbonyl (C=O) groups excluding carboxylic acids is 1. The molecule has 1 fully saturated rings. The van der Waals surface area contributed by atoms with Crippen LogP contribution in [0.4, 0.5) is 5.69 Å². The fourth-order valence-electron chi connectivity index (χ4n) is 3.59. The highest BCUT2D eigenvalue weighted by molar-refractivity contribution is 6.03. The van der Waals surface area contributed by atoms with Crippen LogP contribution in [0.5, 0.6) is 5.75 Å². The number of nitrogens with one attached hydrogen (secondary N) is 3. The standard InChI is InChI=1S/C22H23N3O2/c1-13-10-17(21(26)11-14(13)2)19-12-20(25-24-19)22(27)23-18-9-5-7-15-6-3-4-8-16(15)18/h3-11,19-20,24-26H,12H2,1-2H3,(H,23,27). The van der Waals surface area contributed by atoms with Gasteiger partial charge in [-0.25, -0.2) is 10.9 Å². The van der Waals surface area contributed by atoms with Gasteiger partial charge >= 0.3 is 0 Å². The van der Waals surface area contributed by atoms with Crippen molar-refractivity contribution >= 4 is 22.4 Å². The number of hydrogen-bond donors (Lipinski definition) is 4. The number of phenols is 1. The molecule has 4 N–H and O–H groups in total. The van der Waals surface area contributed by atoms with Crippen LogP contribution in [0.2, 0.25) is 0 Å². The first-order valence-corrected chi connectivity index (χ1v) is 9.12. The van der Waals surface area contributed by atoms with E-state index in [4.69, 9.17) is 0 Å². The molecule has 1 heterocycles. The molecule has 0 bridgehead atoms. The molecule has 1 aliphatic heterocycles. The van der Waals surface area contributed by atoms with Crippen molar-refractivity contribution < 1.29 is 9.90 Å². The maximum absolute atomic E-state index is 12.8. The number of rotatable bonds is 3. The Kier molecular flexibility index (Phi) is 4.56. The summed E-state index contributed by atoms with van der Waals surface area (Å²) < 4.78 is 0. The van der Waals surface area contributed by atoms with E-state index in [1.165, 1.54) is 0 Å². The summed E-state index contributed by atoms with van der Waals surface area (Å²) in [5.41, 5.74) is 9.99. The predicted molar refractivity (Wildman–Crippen MR) is 108 cm³/mol. The average molecular weight is 361 g/mol. The quantitative estimate of drug-likeness (QED) is 0.574. The Morgan fingerprint density at radius 1 is 1.04 bits per heavy atom. The van der Waals surface area contributed by atoms with Gasteiger partial charge in [-0.1, -0.05) is 42.5 Å². The van der Waals surface area contributed by atoms with Gasteiger partial charge in [-0.3, -0.25) is 4.79 Å². The van der Waals surface area contributed by atoms with Crippen LogP contribution in [-0.2, 0) is 4.79 Å². The Bertz CT molecular complexity index is 1010. The maximum Gasteiger partial charge on any atom is 0.242 e. The number of aryl methyl sites for hydroxylation is 2. The zero-order valence-electron chi connectivity index (χ0n) is 15.4. The number of benzene rings is 3. The second-order valence-corrected chi connectivity index (χ2v) is 7.14. The molecule has 3 aromatic rings. The van der Waals surface area contributed by atoms with Crippen molar-refractivity contribution in [3.8, 4) is 5.75 Å². The van der Waals surface area contributed by atoms with Gasteiger partial charge in [0.2, 0.25) is 5.91 Å². The number of aromatic hydroxyl groups is 1. The average Bonchev–Trinajstić information content (AvgIpc) is 3.15. The van der Waals surface area contributed by atoms with Crippen molar-refractivity contribution in [2.24, 2.45) is 0 Å². The first-order chi connectivity index (χ1) is 13.0. The molecule has 5 nitrogen and oxygen atoms in total. The molecule has 2 unspecified atom stereocenters. The van der Waals surface area contributed by atoms with E-state index in [0.29, 0.717) is 6.42 Å². The summed E-state index contributed by atoms with van der Waals surface area (Å²) in [5, 5.41) is 15.4. The number of amides is 1. The number of hydrazine groups is 1. The summed E-state index contributed by atoms with van der Waals surface area (Å²) in [4.78, 5) is 12.8. The zero-order chi connectivity index (χ0) is 19.0. The third kappa shape index (κ3) is 3.39. The van der Waals surface area contributed by atoms with Crippen molar-refractivity contribution in [1.29, 1.82) is 0 Å². The first kappa shape index (κ1) is 17.5. The van der Waals surface area contributed by atoms with Gasteiger partial charge < -0.3 is 10.4 Å². The van der Waals surface area contributed by atoms with Gasteiger partial charge in [0, 0.05) is 16.6 Å². The Balaban J connectivity index is 1.50. The largest absolute Gasteiger partial charge is 0.508 e. The molecule has 0 radical (unpaired) electrons.